The fourth-order valence-corrected chi connectivity index (χ4v) is 2.77. The summed E-state index contributed by atoms with van der Waals surface area (Å²) in [5.41, 5.74) is 0.960. The van der Waals surface area contributed by atoms with Crippen LogP contribution < -0.4 is 15.4 Å². The molecule has 6 heteroatoms. The highest BCUT2D eigenvalue weighted by molar-refractivity contribution is 5.79. The van der Waals surface area contributed by atoms with Gasteiger partial charge in [-0.15, -0.1) is 0 Å². The zero-order chi connectivity index (χ0) is 17.5. The molecule has 1 aliphatic heterocycles. The minimum absolute atomic E-state index is 0.0187. The van der Waals surface area contributed by atoms with Crippen LogP contribution in [0.25, 0.3) is 0 Å². The summed E-state index contributed by atoms with van der Waals surface area (Å²) in [5.74, 6) is 0.802. The predicted octanol–water partition coefficient (Wildman–Crippen LogP) is 1.94. The van der Waals surface area contributed by atoms with E-state index in [0.717, 1.165) is 24.2 Å². The molecule has 0 saturated carbocycles. The Bertz CT molecular complexity index is 549. The van der Waals surface area contributed by atoms with Gasteiger partial charge in [0.1, 0.15) is 5.75 Å². The molecule has 0 aromatic heterocycles. The Morgan fingerprint density at radius 3 is 2.38 bits per heavy atom. The van der Waals surface area contributed by atoms with Crippen molar-refractivity contribution in [3.05, 3.63) is 29.8 Å². The Hall–Kier alpha value is -2.24. The molecule has 2 rings (SSSR count). The average molecular weight is 333 g/mol. The van der Waals surface area contributed by atoms with Gasteiger partial charge in [-0.3, -0.25) is 4.79 Å². The molecule has 0 unspecified atom stereocenters. The Balaban J connectivity index is 1.74. The van der Waals surface area contributed by atoms with E-state index in [1.807, 2.05) is 43.0 Å². The number of likely N-dealkylation sites (tertiary alicyclic amines) is 1. The number of nitrogens with zero attached hydrogens (tertiary/aromatic N) is 1. The first-order chi connectivity index (χ1) is 11.5. The molecule has 132 valence electrons. The van der Waals surface area contributed by atoms with Crippen LogP contribution in [0.4, 0.5) is 4.79 Å². The van der Waals surface area contributed by atoms with Crippen LogP contribution in [0.2, 0.25) is 0 Å². The number of methoxy groups -OCH3 is 1. The molecule has 1 fully saturated rings. The van der Waals surface area contributed by atoms with E-state index in [2.05, 4.69) is 10.6 Å². The number of benzene rings is 1. The van der Waals surface area contributed by atoms with E-state index in [4.69, 9.17) is 4.74 Å². The third-order valence-corrected chi connectivity index (χ3v) is 4.08. The second kappa shape index (κ2) is 8.57. The molecular weight excluding hydrogens is 306 g/mol. The van der Waals surface area contributed by atoms with Crippen LogP contribution in [0.1, 0.15) is 32.3 Å². The first-order valence-corrected chi connectivity index (χ1v) is 8.45. The van der Waals surface area contributed by atoms with E-state index >= 15 is 0 Å². The first kappa shape index (κ1) is 18.1. The SMILES string of the molecule is COc1ccc(CC(=O)NC2CCN(C(=O)NC(C)C)CC2)cc1. The van der Waals surface area contributed by atoms with Gasteiger partial charge in [-0.25, -0.2) is 4.79 Å². The van der Waals surface area contributed by atoms with E-state index in [1.165, 1.54) is 0 Å². The Morgan fingerprint density at radius 2 is 1.83 bits per heavy atom. The van der Waals surface area contributed by atoms with Gasteiger partial charge in [0.15, 0.2) is 0 Å². The summed E-state index contributed by atoms with van der Waals surface area (Å²) in [7, 11) is 1.62. The average Bonchev–Trinajstić information content (AvgIpc) is 2.55. The fourth-order valence-electron chi connectivity index (χ4n) is 2.77. The number of carbonyl (C=O) groups excluding carboxylic acids is 2. The maximum absolute atomic E-state index is 12.2. The Labute approximate surface area is 143 Å². The van der Waals surface area contributed by atoms with Gasteiger partial charge in [-0.1, -0.05) is 12.1 Å². The summed E-state index contributed by atoms with van der Waals surface area (Å²) < 4.78 is 5.11. The Kier molecular flexibility index (Phi) is 6.46. The number of hydrogen-bond acceptors (Lipinski definition) is 3. The largest absolute Gasteiger partial charge is 0.497 e. The number of hydrogen-bond donors (Lipinski definition) is 2. The van der Waals surface area contributed by atoms with Crippen LogP contribution in [-0.4, -0.2) is 49.1 Å². The zero-order valence-corrected chi connectivity index (χ0v) is 14.7. The molecule has 2 N–H and O–H groups in total. The normalized spacial score (nSPS) is 15.2. The van der Waals surface area contributed by atoms with E-state index in [9.17, 15) is 9.59 Å². The third kappa shape index (κ3) is 5.44. The lowest BCUT2D eigenvalue weighted by molar-refractivity contribution is -0.121. The number of carbonyl (C=O) groups is 2. The van der Waals surface area contributed by atoms with Gasteiger partial charge in [0.2, 0.25) is 5.91 Å². The lowest BCUT2D eigenvalue weighted by Crippen LogP contribution is -2.50. The summed E-state index contributed by atoms with van der Waals surface area (Å²) in [6.07, 6.45) is 1.94. The molecule has 1 saturated heterocycles. The summed E-state index contributed by atoms with van der Waals surface area (Å²) in [5, 5.41) is 5.97. The van der Waals surface area contributed by atoms with Gasteiger partial charge < -0.3 is 20.3 Å². The van der Waals surface area contributed by atoms with Crippen molar-refractivity contribution in [3.63, 3.8) is 0 Å². The van der Waals surface area contributed by atoms with Crippen molar-refractivity contribution in [3.8, 4) is 5.75 Å². The van der Waals surface area contributed by atoms with Gasteiger partial charge in [0.25, 0.3) is 0 Å². The molecule has 0 spiro atoms. The maximum atomic E-state index is 12.2. The lowest BCUT2D eigenvalue weighted by atomic mass is 10.0. The molecule has 6 nitrogen and oxygen atoms in total. The topological polar surface area (TPSA) is 70.7 Å². The minimum atomic E-state index is -0.0204. The van der Waals surface area contributed by atoms with Crippen LogP contribution in [-0.2, 0) is 11.2 Å². The van der Waals surface area contributed by atoms with Crippen molar-refractivity contribution in [1.82, 2.24) is 15.5 Å². The smallest absolute Gasteiger partial charge is 0.317 e. The van der Waals surface area contributed by atoms with Crippen LogP contribution in [0.15, 0.2) is 24.3 Å². The molecule has 1 aromatic rings. The number of ether oxygens (including phenoxy) is 1. The summed E-state index contributed by atoms with van der Waals surface area (Å²) in [6, 6.07) is 7.77. The van der Waals surface area contributed by atoms with E-state index < -0.39 is 0 Å². The van der Waals surface area contributed by atoms with Crippen molar-refractivity contribution in [1.29, 1.82) is 0 Å². The summed E-state index contributed by atoms with van der Waals surface area (Å²) in [6.45, 7) is 5.24. The molecule has 1 aliphatic rings. The predicted molar refractivity (Wildman–Crippen MR) is 93.1 cm³/mol. The van der Waals surface area contributed by atoms with Crippen LogP contribution in [0, 0.1) is 0 Å². The van der Waals surface area contributed by atoms with Crippen LogP contribution >= 0.6 is 0 Å². The third-order valence-electron chi connectivity index (χ3n) is 4.08. The van der Waals surface area contributed by atoms with Crippen LogP contribution in [0.5, 0.6) is 5.75 Å². The molecule has 0 aliphatic carbocycles. The van der Waals surface area contributed by atoms with Crippen LogP contribution in [0.3, 0.4) is 0 Å². The number of rotatable bonds is 5. The standard InChI is InChI=1S/C18H27N3O3/c1-13(2)19-18(23)21-10-8-15(9-11-21)20-17(22)12-14-4-6-16(24-3)7-5-14/h4-7,13,15H,8-12H2,1-3H3,(H,19,23)(H,20,22). The molecule has 3 amide bonds. The summed E-state index contributed by atoms with van der Waals surface area (Å²) in [4.78, 5) is 25.9. The molecule has 1 aromatic carbocycles. The monoisotopic (exact) mass is 333 g/mol. The number of amides is 3. The van der Waals surface area contributed by atoms with Crippen molar-refractivity contribution >= 4 is 11.9 Å². The molecule has 1 heterocycles. The Morgan fingerprint density at radius 1 is 1.21 bits per heavy atom. The van der Waals surface area contributed by atoms with Crippen molar-refractivity contribution in [2.45, 2.75) is 45.2 Å². The van der Waals surface area contributed by atoms with Gasteiger partial charge in [0.05, 0.1) is 13.5 Å². The molecule has 0 atom stereocenters. The van der Waals surface area contributed by atoms with Crippen molar-refractivity contribution in [2.24, 2.45) is 0 Å². The lowest BCUT2D eigenvalue weighted by Gasteiger charge is -2.33. The highest BCUT2D eigenvalue weighted by Gasteiger charge is 2.24. The first-order valence-electron chi connectivity index (χ1n) is 8.45. The quantitative estimate of drug-likeness (QED) is 0.865. The molecule has 0 bridgehead atoms. The zero-order valence-electron chi connectivity index (χ0n) is 14.7. The number of nitrogens with one attached hydrogen (secondary N) is 2. The second-order valence-electron chi connectivity index (χ2n) is 6.46. The summed E-state index contributed by atoms with van der Waals surface area (Å²) >= 11 is 0. The van der Waals surface area contributed by atoms with Crippen molar-refractivity contribution < 1.29 is 14.3 Å². The molecular formula is C18H27N3O3. The molecule has 0 radical (unpaired) electrons. The minimum Gasteiger partial charge on any atom is -0.497 e. The van der Waals surface area contributed by atoms with E-state index in [-0.39, 0.29) is 24.0 Å². The van der Waals surface area contributed by atoms with E-state index in [0.29, 0.717) is 19.5 Å². The fraction of sp³-hybridized carbons (Fsp3) is 0.556. The van der Waals surface area contributed by atoms with Gasteiger partial charge >= 0.3 is 6.03 Å². The highest BCUT2D eigenvalue weighted by Crippen LogP contribution is 2.13. The van der Waals surface area contributed by atoms with Gasteiger partial charge in [-0.05, 0) is 44.4 Å². The van der Waals surface area contributed by atoms with Crippen molar-refractivity contribution in [2.75, 3.05) is 20.2 Å². The number of piperidine rings is 1. The second-order valence-corrected chi connectivity index (χ2v) is 6.46. The number of urea groups is 1. The highest BCUT2D eigenvalue weighted by atomic mass is 16.5. The molecule has 24 heavy (non-hydrogen) atoms. The van der Waals surface area contributed by atoms with Gasteiger partial charge in [0, 0.05) is 25.2 Å². The maximum Gasteiger partial charge on any atom is 0.317 e. The van der Waals surface area contributed by atoms with E-state index in [1.54, 1.807) is 7.11 Å². The van der Waals surface area contributed by atoms with Gasteiger partial charge in [-0.2, -0.15) is 0 Å².